The molecule has 0 unspecified atom stereocenters. The lowest BCUT2D eigenvalue weighted by Gasteiger charge is -2.23. The molecule has 8 nitrogen and oxygen atoms in total. The molecule has 0 amide bonds. The van der Waals surface area contributed by atoms with E-state index >= 15 is 0 Å². The van der Waals surface area contributed by atoms with Gasteiger partial charge in [0.25, 0.3) is 12.9 Å². The molecule has 0 aliphatic carbocycles. The second-order valence-corrected chi connectivity index (χ2v) is 12.3. The Kier molecular flexibility index (Phi) is 8.58. The van der Waals surface area contributed by atoms with Gasteiger partial charge in [0.05, 0.1) is 22.8 Å². The molecular formula is C37H24N4O4S2. The minimum Gasteiger partial charge on any atom is -0.429 e. The molecular weight excluding hydrogens is 629 g/mol. The molecule has 2 aromatic carbocycles. The van der Waals surface area contributed by atoms with Gasteiger partial charge in [0, 0.05) is 56.6 Å². The van der Waals surface area contributed by atoms with Gasteiger partial charge in [-0.15, -0.1) is 22.7 Å². The summed E-state index contributed by atoms with van der Waals surface area (Å²) in [5.41, 5.74) is 5.12. The van der Waals surface area contributed by atoms with E-state index in [-0.39, 0.29) is 5.75 Å². The van der Waals surface area contributed by atoms with Gasteiger partial charge in [-0.2, -0.15) is 0 Å². The van der Waals surface area contributed by atoms with E-state index in [4.69, 9.17) is 14.5 Å². The largest absolute Gasteiger partial charge is 0.429 e. The molecule has 0 saturated carbocycles. The van der Waals surface area contributed by atoms with Gasteiger partial charge in [0.1, 0.15) is 16.5 Å². The molecule has 5 aromatic heterocycles. The fourth-order valence-corrected chi connectivity index (χ4v) is 7.20. The molecule has 0 atom stereocenters. The first-order valence-corrected chi connectivity index (χ1v) is 16.1. The van der Waals surface area contributed by atoms with Crippen molar-refractivity contribution in [2.45, 2.75) is 0 Å². The smallest absolute Gasteiger partial charge is 0.298 e. The maximum Gasteiger partial charge on any atom is 0.298 e. The van der Waals surface area contributed by atoms with Crippen LogP contribution in [0.25, 0.3) is 43.0 Å². The molecule has 0 saturated heterocycles. The average molecular weight is 653 g/mol. The number of hydrogen-bond acceptors (Lipinski definition) is 10. The summed E-state index contributed by atoms with van der Waals surface area (Å²) in [6, 6.07) is 39.6. The van der Waals surface area contributed by atoms with Gasteiger partial charge >= 0.3 is 0 Å². The minimum absolute atomic E-state index is 0.280. The summed E-state index contributed by atoms with van der Waals surface area (Å²) in [6.07, 6.45) is 3.24. The maximum atomic E-state index is 11.2. The maximum absolute atomic E-state index is 11.2. The lowest BCUT2D eigenvalue weighted by molar-refractivity contribution is -0.121. The van der Waals surface area contributed by atoms with Crippen LogP contribution >= 0.6 is 22.7 Å². The number of para-hydroxylation sites is 2. The summed E-state index contributed by atoms with van der Waals surface area (Å²) in [7, 11) is 0. The van der Waals surface area contributed by atoms with Crippen molar-refractivity contribution in [1.82, 2.24) is 15.0 Å². The van der Waals surface area contributed by atoms with Crippen LogP contribution in [0.3, 0.4) is 0 Å². The number of rotatable bonds is 11. The number of carbonyl (C=O) groups is 2. The molecule has 47 heavy (non-hydrogen) atoms. The highest BCUT2D eigenvalue weighted by molar-refractivity contribution is 7.25. The second-order valence-electron chi connectivity index (χ2n) is 10.1. The Morgan fingerprint density at radius 3 is 1.77 bits per heavy atom. The Bertz CT molecular complexity index is 2130. The predicted molar refractivity (Wildman–Crippen MR) is 185 cm³/mol. The van der Waals surface area contributed by atoms with Crippen LogP contribution in [0.15, 0.2) is 134 Å². The van der Waals surface area contributed by atoms with Crippen molar-refractivity contribution < 1.29 is 19.1 Å². The molecule has 0 spiro atoms. The number of thiophene rings is 2. The quantitative estimate of drug-likeness (QED) is 0.128. The third-order valence-corrected chi connectivity index (χ3v) is 9.56. The van der Waals surface area contributed by atoms with Gasteiger partial charge in [-0.3, -0.25) is 19.6 Å². The van der Waals surface area contributed by atoms with Crippen LogP contribution in [-0.4, -0.2) is 27.9 Å². The zero-order chi connectivity index (χ0) is 32.0. The highest BCUT2D eigenvalue weighted by Crippen LogP contribution is 2.44. The summed E-state index contributed by atoms with van der Waals surface area (Å²) in [5.74, 6) is 0.594. The van der Waals surface area contributed by atoms with Gasteiger partial charge in [-0.05, 0) is 72.3 Å². The minimum atomic E-state index is 0.280. The number of benzene rings is 2. The molecule has 10 heteroatoms. The highest BCUT2D eigenvalue weighted by atomic mass is 32.1. The first-order valence-electron chi connectivity index (χ1n) is 14.4. The fraction of sp³-hybridized carbons (Fsp3) is 0. The summed E-state index contributed by atoms with van der Waals surface area (Å²) in [4.78, 5) is 41.4. The monoisotopic (exact) mass is 652 g/mol. The topological polar surface area (TPSA) is 94.5 Å². The van der Waals surface area contributed by atoms with E-state index in [1.54, 1.807) is 53.1 Å². The van der Waals surface area contributed by atoms with Crippen molar-refractivity contribution in [2.24, 2.45) is 0 Å². The van der Waals surface area contributed by atoms with E-state index in [0.29, 0.717) is 41.5 Å². The predicted octanol–water partition coefficient (Wildman–Crippen LogP) is 9.20. The van der Waals surface area contributed by atoms with Crippen LogP contribution < -0.4 is 14.4 Å². The summed E-state index contributed by atoms with van der Waals surface area (Å²) >= 11 is 3.44. The van der Waals surface area contributed by atoms with Crippen molar-refractivity contribution in [3.63, 3.8) is 0 Å². The molecule has 7 aromatic rings. The van der Waals surface area contributed by atoms with E-state index in [2.05, 4.69) is 87.7 Å². The number of anilines is 3. The number of pyridine rings is 3. The SMILES string of the molecule is O=COc1ccnc(-c2cc(OC=O)cc(-c3cc(-c4ccc(-c5ccc(N(c6ccccc6)c6ccccc6)s5)s4)ccn3)n2)c1. The Morgan fingerprint density at radius 1 is 0.532 bits per heavy atom. The lowest BCUT2D eigenvalue weighted by atomic mass is 10.1. The van der Waals surface area contributed by atoms with Crippen LogP contribution in [0, 0.1) is 0 Å². The highest BCUT2D eigenvalue weighted by Gasteiger charge is 2.17. The van der Waals surface area contributed by atoms with E-state index in [9.17, 15) is 9.59 Å². The van der Waals surface area contributed by atoms with Gasteiger partial charge < -0.3 is 14.4 Å². The fourth-order valence-electron chi connectivity index (χ4n) is 5.06. The molecule has 0 radical (unpaired) electrons. The van der Waals surface area contributed by atoms with Crippen LogP contribution in [0.4, 0.5) is 16.4 Å². The Balaban J connectivity index is 1.20. The Labute approximate surface area is 278 Å². The van der Waals surface area contributed by atoms with Crippen molar-refractivity contribution in [3.8, 4) is 54.5 Å². The molecule has 228 valence electrons. The van der Waals surface area contributed by atoms with Crippen LogP contribution in [0.2, 0.25) is 0 Å². The third-order valence-electron chi connectivity index (χ3n) is 7.16. The zero-order valence-corrected chi connectivity index (χ0v) is 26.2. The molecule has 0 aliphatic rings. The first-order chi connectivity index (χ1) is 23.2. The summed E-state index contributed by atoms with van der Waals surface area (Å²) in [6.45, 7) is 0.699. The lowest BCUT2D eigenvalue weighted by Crippen LogP contribution is -2.07. The average Bonchev–Trinajstić information content (AvgIpc) is 3.81. The number of hydrogen-bond donors (Lipinski definition) is 0. The van der Waals surface area contributed by atoms with E-state index in [1.165, 1.54) is 11.1 Å². The van der Waals surface area contributed by atoms with Crippen molar-refractivity contribution in [1.29, 1.82) is 0 Å². The summed E-state index contributed by atoms with van der Waals surface area (Å²) < 4.78 is 10.2. The number of ether oxygens (including phenoxy) is 2. The Hall–Kier alpha value is -5.97. The van der Waals surface area contributed by atoms with Crippen molar-refractivity contribution in [2.75, 3.05) is 4.90 Å². The zero-order valence-electron chi connectivity index (χ0n) is 24.6. The molecule has 5 heterocycles. The number of aromatic nitrogens is 3. The van der Waals surface area contributed by atoms with Crippen LogP contribution in [0.1, 0.15) is 0 Å². The summed E-state index contributed by atoms with van der Waals surface area (Å²) in [5, 5.41) is 1.12. The van der Waals surface area contributed by atoms with Crippen LogP contribution in [-0.2, 0) is 9.59 Å². The molecule has 0 aliphatic heterocycles. The van der Waals surface area contributed by atoms with E-state index in [0.717, 1.165) is 31.7 Å². The Morgan fingerprint density at radius 2 is 1.09 bits per heavy atom. The standard InChI is InChI=1S/C37H24N4O4S2/c42-23-44-28-16-18-39-31(20-28)33-22-29(45-24-43)21-32(40-33)30-19-25(15-17-38-30)34-11-12-35(46-34)36-13-14-37(47-36)41(26-7-3-1-4-8-26)27-9-5-2-6-10-27/h1-24H. The molecule has 7 rings (SSSR count). The number of carbonyl (C=O) groups excluding carboxylic acids is 2. The first kappa shape index (κ1) is 29.7. The molecule has 0 fully saturated rings. The number of nitrogens with zero attached hydrogens (tertiary/aromatic N) is 4. The van der Waals surface area contributed by atoms with E-state index in [1.807, 2.05) is 24.3 Å². The van der Waals surface area contributed by atoms with E-state index < -0.39 is 0 Å². The molecule has 0 N–H and O–H groups in total. The van der Waals surface area contributed by atoms with Crippen LogP contribution in [0.5, 0.6) is 11.5 Å². The van der Waals surface area contributed by atoms with Gasteiger partial charge in [0.2, 0.25) is 0 Å². The van der Waals surface area contributed by atoms with Gasteiger partial charge in [-0.1, -0.05) is 36.4 Å². The van der Waals surface area contributed by atoms with Crippen molar-refractivity contribution in [3.05, 3.63) is 134 Å². The molecule has 0 bridgehead atoms. The third kappa shape index (κ3) is 6.55. The van der Waals surface area contributed by atoms with Gasteiger partial charge in [-0.25, -0.2) is 4.98 Å². The van der Waals surface area contributed by atoms with Crippen molar-refractivity contribution >= 4 is 52.0 Å². The normalized spacial score (nSPS) is 10.7. The second kappa shape index (κ2) is 13.6. The van der Waals surface area contributed by atoms with Gasteiger partial charge in [0.15, 0.2) is 0 Å².